The molecule has 0 saturated heterocycles. The lowest BCUT2D eigenvalue weighted by Crippen LogP contribution is -2.42. The summed E-state index contributed by atoms with van der Waals surface area (Å²) in [6.07, 6.45) is 5.36. The molecule has 1 aromatic rings. The Labute approximate surface area is 156 Å². The minimum absolute atomic E-state index is 0. The van der Waals surface area contributed by atoms with Crippen LogP contribution in [0.4, 0.5) is 0 Å². The molecule has 1 aromatic carbocycles. The van der Waals surface area contributed by atoms with E-state index >= 15 is 0 Å². The van der Waals surface area contributed by atoms with Crippen molar-refractivity contribution in [1.82, 2.24) is 10.6 Å². The zero-order valence-corrected chi connectivity index (χ0v) is 15.5. The van der Waals surface area contributed by atoms with Gasteiger partial charge in [-0.3, -0.25) is 4.99 Å². The number of halogens is 2. The smallest absolute Gasteiger partial charge is 0.191 e. The number of guanidine groups is 1. The molecule has 0 spiro atoms. The molecule has 3 rings (SSSR count). The minimum Gasteiger partial charge on any atom is -0.490 e. The quantitative estimate of drug-likeness (QED) is 0.738. The van der Waals surface area contributed by atoms with Gasteiger partial charge in [-0.05, 0) is 43.7 Å². The number of nitrogens with one attached hydrogen (secondary N) is 2. The van der Waals surface area contributed by atoms with Crippen molar-refractivity contribution in [3.63, 3.8) is 0 Å². The second-order valence-electron chi connectivity index (χ2n) is 6.11. The molecule has 0 aliphatic carbocycles. The molecule has 1 unspecified atom stereocenters. The van der Waals surface area contributed by atoms with E-state index in [4.69, 9.17) is 10.5 Å². The molecule has 0 saturated carbocycles. The zero-order chi connectivity index (χ0) is 15.2. The van der Waals surface area contributed by atoms with E-state index in [1.54, 1.807) is 0 Å². The number of para-hydroxylation sites is 1. The van der Waals surface area contributed by atoms with Gasteiger partial charge < -0.3 is 21.1 Å². The number of ether oxygens (including phenoxy) is 1. The molecule has 0 bridgehead atoms. The van der Waals surface area contributed by atoms with E-state index in [1.807, 2.05) is 6.07 Å². The molecule has 0 radical (unpaired) electrons. The number of hydrogen-bond acceptors (Lipinski definition) is 5. The Morgan fingerprint density at radius 1 is 1.33 bits per heavy atom. The van der Waals surface area contributed by atoms with Crippen LogP contribution in [0.3, 0.4) is 0 Å². The van der Waals surface area contributed by atoms with Crippen molar-refractivity contribution >= 4 is 30.8 Å². The van der Waals surface area contributed by atoms with E-state index in [-0.39, 0.29) is 37.0 Å². The predicted molar refractivity (Wildman–Crippen MR) is 104 cm³/mol. The standard InChI is InChI=1S/C17H26N4O.2ClH/c18-14(8-11-21-17-19-9-3-10-20-17)12-15-7-6-13-4-1-2-5-16(13)22-15;;/h1-2,4-5,14-15H,3,6-12,18H2,(H2,19,20,21);2*1H/t14?,15-;;/m1../s1. The van der Waals surface area contributed by atoms with Crippen molar-refractivity contribution in [1.29, 1.82) is 0 Å². The number of nitrogens with zero attached hydrogens (tertiary/aromatic N) is 1. The third kappa shape index (κ3) is 6.04. The van der Waals surface area contributed by atoms with Crippen molar-refractivity contribution in [2.75, 3.05) is 19.6 Å². The van der Waals surface area contributed by atoms with Crippen molar-refractivity contribution in [2.24, 2.45) is 10.7 Å². The summed E-state index contributed by atoms with van der Waals surface area (Å²) in [5.74, 6) is 1.95. The van der Waals surface area contributed by atoms with Crippen LogP contribution in [0.2, 0.25) is 0 Å². The number of benzene rings is 1. The fraction of sp³-hybridized carbons (Fsp3) is 0.588. The SMILES string of the molecule is Cl.Cl.NC(CCNC1=NCCCN1)C[C@H]1CCc2ccccc2O1. The molecule has 2 aliphatic rings. The van der Waals surface area contributed by atoms with Gasteiger partial charge in [0.25, 0.3) is 0 Å². The van der Waals surface area contributed by atoms with E-state index in [9.17, 15) is 0 Å². The topological polar surface area (TPSA) is 71.7 Å². The molecule has 2 atom stereocenters. The Hall–Kier alpha value is -1.17. The summed E-state index contributed by atoms with van der Waals surface area (Å²) in [4.78, 5) is 4.40. The van der Waals surface area contributed by atoms with Crippen molar-refractivity contribution < 1.29 is 4.74 Å². The van der Waals surface area contributed by atoms with Crippen LogP contribution in [-0.2, 0) is 6.42 Å². The van der Waals surface area contributed by atoms with E-state index in [0.29, 0.717) is 0 Å². The third-order valence-electron chi connectivity index (χ3n) is 4.27. The van der Waals surface area contributed by atoms with Gasteiger partial charge in [-0.1, -0.05) is 18.2 Å². The maximum Gasteiger partial charge on any atom is 0.191 e. The number of nitrogens with two attached hydrogens (primary N) is 1. The molecule has 24 heavy (non-hydrogen) atoms. The van der Waals surface area contributed by atoms with Crippen LogP contribution in [0.5, 0.6) is 5.75 Å². The highest BCUT2D eigenvalue weighted by Crippen LogP contribution is 2.28. The van der Waals surface area contributed by atoms with Gasteiger partial charge in [0.15, 0.2) is 5.96 Å². The Balaban J connectivity index is 0.00000144. The summed E-state index contributed by atoms with van der Waals surface area (Å²) in [5.41, 5.74) is 7.58. The van der Waals surface area contributed by atoms with Crippen molar-refractivity contribution in [2.45, 2.75) is 44.2 Å². The maximum absolute atomic E-state index is 6.26. The molecule has 0 fully saturated rings. The average Bonchev–Trinajstić information content (AvgIpc) is 2.56. The molecule has 4 N–H and O–H groups in total. The molecule has 0 aromatic heterocycles. The molecule has 5 nitrogen and oxygen atoms in total. The maximum atomic E-state index is 6.26. The average molecular weight is 375 g/mol. The molecule has 2 aliphatic heterocycles. The first-order valence-corrected chi connectivity index (χ1v) is 8.33. The number of aliphatic imine (C=N–C) groups is 1. The van der Waals surface area contributed by atoms with E-state index < -0.39 is 0 Å². The molecule has 2 heterocycles. The predicted octanol–water partition coefficient (Wildman–Crippen LogP) is 2.27. The Morgan fingerprint density at radius 2 is 2.17 bits per heavy atom. The van der Waals surface area contributed by atoms with Crippen LogP contribution in [-0.4, -0.2) is 37.7 Å². The minimum atomic E-state index is 0. The van der Waals surface area contributed by atoms with Crippen LogP contribution >= 0.6 is 24.8 Å². The summed E-state index contributed by atoms with van der Waals surface area (Å²) in [6, 6.07) is 8.46. The highest BCUT2D eigenvalue weighted by molar-refractivity contribution is 5.85. The number of aryl methyl sites for hydroxylation is 1. The Morgan fingerprint density at radius 3 is 2.96 bits per heavy atom. The zero-order valence-electron chi connectivity index (χ0n) is 13.9. The van der Waals surface area contributed by atoms with E-state index in [1.165, 1.54) is 5.56 Å². The van der Waals surface area contributed by atoms with Crippen molar-refractivity contribution in [3.05, 3.63) is 29.8 Å². The largest absolute Gasteiger partial charge is 0.490 e. The monoisotopic (exact) mass is 374 g/mol. The van der Waals surface area contributed by atoms with Gasteiger partial charge in [-0.15, -0.1) is 24.8 Å². The summed E-state index contributed by atoms with van der Waals surface area (Å²) < 4.78 is 6.06. The lowest BCUT2D eigenvalue weighted by atomic mass is 9.97. The summed E-state index contributed by atoms with van der Waals surface area (Å²) in [6.45, 7) is 2.78. The fourth-order valence-electron chi connectivity index (χ4n) is 3.03. The molecule has 0 amide bonds. The molecular formula is C17H28Cl2N4O. The van der Waals surface area contributed by atoms with E-state index in [0.717, 1.165) is 63.4 Å². The van der Waals surface area contributed by atoms with Crippen molar-refractivity contribution in [3.8, 4) is 5.75 Å². The first-order valence-electron chi connectivity index (χ1n) is 8.33. The highest BCUT2D eigenvalue weighted by atomic mass is 35.5. The normalized spacial score (nSPS) is 20.0. The Kier molecular flexibility index (Phi) is 9.26. The second-order valence-corrected chi connectivity index (χ2v) is 6.11. The Bertz CT molecular complexity index is 527. The molecule has 136 valence electrons. The summed E-state index contributed by atoms with van der Waals surface area (Å²) >= 11 is 0. The van der Waals surface area contributed by atoms with Gasteiger partial charge in [0.05, 0.1) is 0 Å². The first-order chi connectivity index (χ1) is 10.8. The van der Waals surface area contributed by atoms with Crippen LogP contribution in [0.25, 0.3) is 0 Å². The molecule has 7 heteroatoms. The lowest BCUT2D eigenvalue weighted by molar-refractivity contribution is 0.154. The lowest BCUT2D eigenvalue weighted by Gasteiger charge is -2.28. The van der Waals surface area contributed by atoms with Gasteiger partial charge in [0, 0.05) is 25.7 Å². The fourth-order valence-corrected chi connectivity index (χ4v) is 3.03. The summed E-state index contributed by atoms with van der Waals surface area (Å²) in [7, 11) is 0. The third-order valence-corrected chi connectivity index (χ3v) is 4.27. The number of fused-ring (bicyclic) bond motifs is 1. The van der Waals surface area contributed by atoms with Gasteiger partial charge in [-0.2, -0.15) is 0 Å². The summed E-state index contributed by atoms with van der Waals surface area (Å²) in [5, 5.41) is 6.58. The van der Waals surface area contributed by atoms with Gasteiger partial charge in [0.2, 0.25) is 0 Å². The van der Waals surface area contributed by atoms with Crippen LogP contribution in [0.1, 0.15) is 31.2 Å². The van der Waals surface area contributed by atoms with E-state index in [2.05, 4.69) is 33.8 Å². The first kappa shape index (κ1) is 20.9. The van der Waals surface area contributed by atoms with Gasteiger partial charge in [0.1, 0.15) is 11.9 Å². The number of rotatable bonds is 5. The van der Waals surface area contributed by atoms with Gasteiger partial charge >= 0.3 is 0 Å². The highest BCUT2D eigenvalue weighted by Gasteiger charge is 2.21. The number of hydrogen-bond donors (Lipinski definition) is 3. The second kappa shape index (κ2) is 10.6. The van der Waals surface area contributed by atoms with Crippen LogP contribution < -0.4 is 21.1 Å². The van der Waals surface area contributed by atoms with Gasteiger partial charge in [-0.25, -0.2) is 0 Å². The van der Waals surface area contributed by atoms with Crippen LogP contribution in [0, 0.1) is 0 Å². The van der Waals surface area contributed by atoms with Crippen LogP contribution in [0.15, 0.2) is 29.3 Å². The molecular weight excluding hydrogens is 347 g/mol.